The molecular weight excluding hydrogens is 1770 g/mol. The standard InChI is InChI=1S/C72H111N9O45S2/c1-9-80-31(90)10-29(64(80)108)127-18-75-63(107)59-55(44(99)48(103)71(125-59)117-50-33(76-21(4)86)19(2)113-25(12-82)37(50)92)121-67-35(78-23(6)88)52(39(94)27(14-84)115-67)119-69-46(101)41(96)42(97)57(123-69)61(105)74-17-128-30-11-32(91)81(65(30)109)16-73-62(106)58-54(112-8)43(98)47(102)70(124-58)120-53-36(79-24(7)89)68(116-28(15-85)40(53)95)122-56-45(100)49(104)72(126-60(56)66(110)111)118-51-34(77-22(5)87)20(3)114-26(13-83)38(51)93/h19-20,25-30,33-60,67-72,82-85,92-104H,9-18H2,1-8H3,(H,73,106)(H,74,105)(H,75,107)(H,76,86)(H,77,87)(H,78,88)(H,79,89)(H,110,111)/t19-,20+,25?,26?,27?,28?,29?,30?,33?,34?,35?,36?,37?,38?,39?,40?,41?,42?,43?,44?,45?,46?,47?,48?,49?,50?,51?,52?,53?,54?,55?,56?,57?,58?,59?,60?,67?,68?,69?,70?,71?,72?/m1/s1. The zero-order chi connectivity index (χ0) is 94.4. The molecule has 42 atom stereocenters. The fourth-order valence-electron chi connectivity index (χ4n) is 16.3. The molecule has 0 aliphatic carbocycles. The van der Waals surface area contributed by atoms with Crippen molar-refractivity contribution in [2.45, 2.75) is 317 Å². The summed E-state index contributed by atoms with van der Waals surface area (Å²) in [5, 5.41) is 216. The number of imide groups is 2. The van der Waals surface area contributed by atoms with Crippen molar-refractivity contribution in [2.75, 3.05) is 58.5 Å². The molecule has 0 aromatic heterocycles. The maximum absolute atomic E-state index is 14.5. The fraction of sp³-hybridized carbons (Fsp3) is 0.833. The number of nitrogens with one attached hydrogen (secondary N) is 7. The van der Waals surface area contributed by atoms with Gasteiger partial charge in [0.1, 0.15) is 165 Å². The van der Waals surface area contributed by atoms with Crippen molar-refractivity contribution in [2.24, 2.45) is 0 Å². The van der Waals surface area contributed by atoms with Crippen molar-refractivity contribution in [3.05, 3.63) is 0 Å². The molecule has 0 saturated carbocycles. The van der Waals surface area contributed by atoms with Gasteiger partial charge in [0.15, 0.2) is 62.2 Å². The minimum atomic E-state index is -2.38. The van der Waals surface area contributed by atoms with E-state index in [1.54, 1.807) is 6.92 Å². The minimum absolute atomic E-state index is 0.0463. The molecule has 0 aromatic carbocycles. The lowest BCUT2D eigenvalue weighted by Gasteiger charge is -2.50. The first kappa shape index (κ1) is 104. The number of amides is 11. The van der Waals surface area contributed by atoms with E-state index in [0.29, 0.717) is 16.7 Å². The van der Waals surface area contributed by atoms with E-state index in [0.717, 1.165) is 51.5 Å². The number of hydrogen-bond donors (Lipinski definition) is 25. The normalized spacial score (nSPS) is 42.9. The molecule has 726 valence electrons. The van der Waals surface area contributed by atoms with Crippen LogP contribution in [0.4, 0.5) is 0 Å². The predicted octanol–water partition coefficient (Wildman–Crippen LogP) is -17.0. The topological polar surface area (TPSA) is 798 Å². The highest BCUT2D eigenvalue weighted by atomic mass is 32.2. The first-order valence-electron chi connectivity index (χ1n) is 40.5. The second kappa shape index (κ2) is 45.0. The lowest BCUT2D eigenvalue weighted by molar-refractivity contribution is -0.366. The number of hydrogen-bond acceptors (Lipinski definition) is 46. The van der Waals surface area contributed by atoms with Crippen LogP contribution in [-0.4, -0.2) is 487 Å². The number of aliphatic hydroxyl groups is 17. The van der Waals surface area contributed by atoms with Crippen molar-refractivity contribution >= 4 is 94.5 Å². The Hall–Kier alpha value is -6.54. The summed E-state index contributed by atoms with van der Waals surface area (Å²) in [6.07, 6.45) is -74.1. The highest BCUT2D eigenvalue weighted by Gasteiger charge is 2.62. The van der Waals surface area contributed by atoms with Gasteiger partial charge in [0.2, 0.25) is 47.3 Å². The van der Waals surface area contributed by atoms with E-state index in [2.05, 4.69) is 37.2 Å². The molecule has 0 radical (unpaired) electrons. The van der Waals surface area contributed by atoms with E-state index >= 15 is 0 Å². The van der Waals surface area contributed by atoms with Crippen LogP contribution in [0.15, 0.2) is 0 Å². The summed E-state index contributed by atoms with van der Waals surface area (Å²) in [7, 11) is 0.962. The number of ether oxygens (including phenoxy) is 15. The summed E-state index contributed by atoms with van der Waals surface area (Å²) >= 11 is 1.40. The Balaban J connectivity index is 0.780. The van der Waals surface area contributed by atoms with Gasteiger partial charge in [-0.25, -0.2) is 4.79 Å². The maximum atomic E-state index is 14.5. The molecular formula is C72H111N9O45S2. The maximum Gasteiger partial charge on any atom is 0.335 e. The van der Waals surface area contributed by atoms with Gasteiger partial charge in [0.25, 0.3) is 17.7 Å². The van der Waals surface area contributed by atoms with Gasteiger partial charge >= 0.3 is 5.97 Å². The monoisotopic (exact) mass is 1890 g/mol. The molecule has 0 aromatic rings. The number of rotatable bonds is 34. The summed E-state index contributed by atoms with van der Waals surface area (Å²) in [5.74, 6) is -13.1. The molecule has 128 heavy (non-hydrogen) atoms. The number of likely N-dealkylation sites (tertiary alicyclic amines) is 2. The third-order valence-corrected chi connectivity index (χ3v) is 25.1. The van der Waals surface area contributed by atoms with Gasteiger partial charge in [-0.1, -0.05) is 0 Å². The Kier molecular flexibility index (Phi) is 36.4. The van der Waals surface area contributed by atoms with E-state index in [9.17, 15) is 149 Å². The largest absolute Gasteiger partial charge is 0.479 e. The number of aliphatic carboxylic acids is 1. The Morgan fingerprint density at radius 1 is 0.367 bits per heavy atom. The Morgan fingerprint density at radius 2 is 0.672 bits per heavy atom. The molecule has 10 saturated heterocycles. The van der Waals surface area contributed by atoms with Gasteiger partial charge in [-0.05, 0) is 20.8 Å². The summed E-state index contributed by atoms with van der Waals surface area (Å²) in [5.41, 5.74) is 0. The predicted molar refractivity (Wildman–Crippen MR) is 410 cm³/mol. The van der Waals surface area contributed by atoms with Gasteiger partial charge in [-0.2, -0.15) is 0 Å². The van der Waals surface area contributed by atoms with E-state index in [1.165, 1.54) is 13.8 Å². The minimum Gasteiger partial charge on any atom is -0.479 e. The Morgan fingerprint density at radius 3 is 1.04 bits per heavy atom. The van der Waals surface area contributed by atoms with Crippen LogP contribution in [0.2, 0.25) is 0 Å². The van der Waals surface area contributed by atoms with Crippen LogP contribution in [0.5, 0.6) is 0 Å². The second-order valence-corrected chi connectivity index (χ2v) is 34.0. The third kappa shape index (κ3) is 22.9. The second-order valence-electron chi connectivity index (χ2n) is 31.6. The van der Waals surface area contributed by atoms with Crippen molar-refractivity contribution in [3.8, 4) is 0 Å². The lowest BCUT2D eigenvalue weighted by Crippen LogP contribution is -2.71. The number of carbonyl (C=O) groups excluding carboxylic acids is 11. The van der Waals surface area contributed by atoms with Gasteiger partial charge in [0, 0.05) is 54.2 Å². The number of methoxy groups -OCH3 is 1. The number of aliphatic hydroxyl groups excluding tert-OH is 17. The number of nitrogens with zero attached hydrogens (tertiary/aromatic N) is 2. The van der Waals surface area contributed by atoms with Crippen LogP contribution in [0, 0.1) is 0 Å². The van der Waals surface area contributed by atoms with Crippen molar-refractivity contribution in [3.63, 3.8) is 0 Å². The average molecular weight is 1890 g/mol. The van der Waals surface area contributed by atoms with Gasteiger partial charge < -0.3 is 200 Å². The number of carbonyl (C=O) groups is 12. The van der Waals surface area contributed by atoms with Crippen molar-refractivity contribution in [1.82, 2.24) is 47.0 Å². The van der Waals surface area contributed by atoms with E-state index in [1.807, 2.05) is 0 Å². The molecule has 10 aliphatic heterocycles. The fourth-order valence-corrected chi connectivity index (χ4v) is 18.2. The van der Waals surface area contributed by atoms with Crippen molar-refractivity contribution < 1.29 is 221 Å². The van der Waals surface area contributed by atoms with E-state index in [-0.39, 0.29) is 13.0 Å². The Bertz CT molecular complexity index is 3880. The first-order valence-corrected chi connectivity index (χ1v) is 42.6. The number of thioether (sulfide) groups is 2. The molecule has 10 fully saturated rings. The quantitative estimate of drug-likeness (QED) is 0.0210. The average Bonchev–Trinajstić information content (AvgIpc) is 1.02. The molecule has 25 N–H and O–H groups in total. The summed E-state index contributed by atoms with van der Waals surface area (Å²) in [6, 6.07) is -6.42. The molecule has 10 heterocycles. The highest BCUT2D eigenvalue weighted by Crippen LogP contribution is 2.40. The summed E-state index contributed by atoms with van der Waals surface area (Å²) in [4.78, 5) is 161. The Labute approximate surface area is 734 Å². The van der Waals surface area contributed by atoms with Crippen LogP contribution >= 0.6 is 23.5 Å². The molecule has 10 aliphatic rings. The van der Waals surface area contributed by atoms with Crippen molar-refractivity contribution in [1.29, 1.82) is 0 Å². The molecule has 10 rings (SSSR count). The molecule has 54 nitrogen and oxygen atoms in total. The van der Waals surface area contributed by atoms with Gasteiger partial charge in [-0.3, -0.25) is 62.5 Å². The van der Waals surface area contributed by atoms with Crippen LogP contribution in [-0.2, 0) is 129 Å². The third-order valence-electron chi connectivity index (χ3n) is 22.9. The summed E-state index contributed by atoms with van der Waals surface area (Å²) in [6.45, 7) is 3.74. The zero-order valence-electron chi connectivity index (χ0n) is 69.6. The van der Waals surface area contributed by atoms with Crippen LogP contribution in [0.1, 0.15) is 61.3 Å². The number of carboxylic acid groups (broad SMARTS) is 1. The first-order chi connectivity index (χ1) is 60.4. The lowest BCUT2D eigenvalue weighted by atomic mass is 9.92. The molecule has 56 heteroatoms. The zero-order valence-corrected chi connectivity index (χ0v) is 71.2. The van der Waals surface area contributed by atoms with Crippen LogP contribution < -0.4 is 37.2 Å². The van der Waals surface area contributed by atoms with E-state index < -0.39 is 378 Å². The number of carboxylic acids is 1. The SMILES string of the molecule is CCN1C(=O)CC(SCNC(=O)C2OC(OC3C(O)C(CO)O[C@H](C)C3NC(C)=O)C(O)C(O)C2OC2OC(CO)C(O)C(OC3OC(C(=O)NCSC4CC(=O)N(CNC(=O)C5OC(OC6C(O)C(CO)OC(OC7C(C(=O)O)OC(OC8C(O)C(CO)O[C@@H](C)C8NC(C)=O)C(O)C7O)C6NC(C)=O)C(O)C(O)C5OC)C4=O)C(O)C(O)C3O)C2NC(C)=O)C1=O. The molecule has 11 amide bonds. The van der Waals surface area contributed by atoms with Gasteiger partial charge in [-0.15, -0.1) is 23.5 Å². The molecule has 0 spiro atoms. The van der Waals surface area contributed by atoms with Crippen LogP contribution in [0.25, 0.3) is 0 Å². The smallest absolute Gasteiger partial charge is 0.335 e. The van der Waals surface area contributed by atoms with E-state index in [4.69, 9.17) is 71.1 Å². The van der Waals surface area contributed by atoms with Gasteiger partial charge in [0.05, 0.1) is 73.0 Å². The molecule has 0 bridgehead atoms. The summed E-state index contributed by atoms with van der Waals surface area (Å²) < 4.78 is 87.4. The highest BCUT2D eigenvalue weighted by molar-refractivity contribution is 8.00. The molecule has 40 unspecified atom stereocenters. The van der Waals surface area contributed by atoms with Crippen LogP contribution in [0.3, 0.4) is 0 Å².